The van der Waals surface area contributed by atoms with Gasteiger partial charge in [-0.1, -0.05) is 25.6 Å². The molecule has 3 aliphatic rings. The zero-order valence-corrected chi connectivity index (χ0v) is 18.7. The molecule has 8 heteroatoms. The van der Waals surface area contributed by atoms with Crippen LogP contribution in [0.2, 0.25) is 0 Å². The van der Waals surface area contributed by atoms with Crippen LogP contribution in [-0.4, -0.2) is 70.2 Å². The van der Waals surface area contributed by atoms with Gasteiger partial charge in [0.1, 0.15) is 0 Å². The van der Waals surface area contributed by atoms with E-state index < -0.39 is 0 Å². The van der Waals surface area contributed by atoms with Crippen molar-refractivity contribution in [1.29, 1.82) is 0 Å². The fourth-order valence-electron chi connectivity index (χ4n) is 4.62. The van der Waals surface area contributed by atoms with Crippen molar-refractivity contribution in [3.8, 4) is 0 Å². The highest BCUT2D eigenvalue weighted by Crippen LogP contribution is 2.28. The van der Waals surface area contributed by atoms with Crippen molar-refractivity contribution in [1.82, 2.24) is 19.7 Å². The summed E-state index contributed by atoms with van der Waals surface area (Å²) in [4.78, 5) is 17.1. The molecule has 3 saturated heterocycles. The molecule has 29 heavy (non-hydrogen) atoms. The normalized spacial score (nSPS) is 26.3. The Balaban J connectivity index is 1.44. The molecule has 4 heterocycles. The molecule has 4 rings (SSSR count). The average molecular weight is 422 g/mol. The van der Waals surface area contributed by atoms with Crippen molar-refractivity contribution in [2.24, 2.45) is 11.8 Å². The first kappa shape index (κ1) is 21.0. The van der Waals surface area contributed by atoms with Crippen LogP contribution < -0.4 is 4.90 Å². The first-order valence-corrected chi connectivity index (χ1v) is 12.3. The number of anilines is 1. The summed E-state index contributed by atoms with van der Waals surface area (Å²) >= 11 is 1.53. The number of hydrogen-bond donors (Lipinski definition) is 0. The molecule has 0 N–H and O–H groups in total. The van der Waals surface area contributed by atoms with E-state index in [1.165, 1.54) is 31.0 Å². The van der Waals surface area contributed by atoms with E-state index in [4.69, 9.17) is 4.74 Å². The Bertz CT molecular complexity index is 683. The maximum atomic E-state index is 12.7. The van der Waals surface area contributed by atoms with Crippen molar-refractivity contribution < 1.29 is 9.53 Å². The van der Waals surface area contributed by atoms with E-state index in [1.807, 2.05) is 4.90 Å². The van der Waals surface area contributed by atoms with Gasteiger partial charge in [-0.25, -0.2) is 0 Å². The number of hydrogen-bond acceptors (Lipinski definition) is 6. The molecular formula is C21H35N5O2S. The standard InChI is InChI=1S/C21H35N5O2S/c1-16-7-10-24(11-8-16)20-22-23-21(26(20)14-18-6-4-12-28-18)29-15-19(27)25-9-3-5-17(2)13-25/h16-18H,3-15H2,1-2H3. The van der Waals surface area contributed by atoms with E-state index in [9.17, 15) is 4.79 Å². The smallest absolute Gasteiger partial charge is 0.233 e. The highest BCUT2D eigenvalue weighted by molar-refractivity contribution is 7.99. The van der Waals surface area contributed by atoms with Crippen LogP contribution in [0, 0.1) is 11.8 Å². The van der Waals surface area contributed by atoms with Gasteiger partial charge >= 0.3 is 0 Å². The molecule has 3 aliphatic heterocycles. The average Bonchev–Trinajstić information content (AvgIpc) is 3.37. The van der Waals surface area contributed by atoms with Crippen LogP contribution in [0.3, 0.4) is 0 Å². The minimum Gasteiger partial charge on any atom is -0.376 e. The Kier molecular flexibility index (Phi) is 7.00. The minimum atomic E-state index is 0.224. The molecular weight excluding hydrogens is 386 g/mol. The maximum Gasteiger partial charge on any atom is 0.233 e. The van der Waals surface area contributed by atoms with Gasteiger partial charge in [-0.05, 0) is 50.4 Å². The summed E-state index contributed by atoms with van der Waals surface area (Å²) < 4.78 is 8.10. The molecule has 0 aromatic carbocycles. The number of carbonyl (C=O) groups is 1. The van der Waals surface area contributed by atoms with Crippen molar-refractivity contribution in [2.45, 2.75) is 70.2 Å². The predicted molar refractivity (Wildman–Crippen MR) is 115 cm³/mol. The van der Waals surface area contributed by atoms with Crippen LogP contribution in [0.15, 0.2) is 5.16 Å². The topological polar surface area (TPSA) is 63.5 Å². The second-order valence-electron chi connectivity index (χ2n) is 9.07. The van der Waals surface area contributed by atoms with Crippen molar-refractivity contribution in [2.75, 3.05) is 43.4 Å². The van der Waals surface area contributed by atoms with Crippen molar-refractivity contribution in [3.63, 3.8) is 0 Å². The van der Waals surface area contributed by atoms with Gasteiger partial charge in [0, 0.05) is 32.8 Å². The van der Waals surface area contributed by atoms with Gasteiger partial charge in [0.2, 0.25) is 11.9 Å². The summed E-state index contributed by atoms with van der Waals surface area (Å²) in [5.74, 6) is 3.00. The highest BCUT2D eigenvalue weighted by atomic mass is 32.2. The molecule has 0 aliphatic carbocycles. The molecule has 1 aromatic heterocycles. The second kappa shape index (κ2) is 9.69. The number of amides is 1. The first-order valence-electron chi connectivity index (χ1n) is 11.3. The van der Waals surface area contributed by atoms with E-state index in [-0.39, 0.29) is 12.0 Å². The molecule has 0 bridgehead atoms. The third-order valence-electron chi connectivity index (χ3n) is 6.51. The summed E-state index contributed by atoms with van der Waals surface area (Å²) in [6, 6.07) is 0. The Hall–Kier alpha value is -1.28. The Labute approximate surface area is 178 Å². The Morgan fingerprint density at radius 1 is 1.07 bits per heavy atom. The number of aromatic nitrogens is 3. The molecule has 0 radical (unpaired) electrons. The summed E-state index contributed by atoms with van der Waals surface area (Å²) in [6.07, 6.45) is 7.17. The fraction of sp³-hybridized carbons (Fsp3) is 0.857. The number of nitrogens with zero attached hydrogens (tertiary/aromatic N) is 5. The monoisotopic (exact) mass is 421 g/mol. The largest absolute Gasteiger partial charge is 0.376 e. The van der Waals surface area contributed by atoms with Gasteiger partial charge in [0.05, 0.1) is 18.4 Å². The summed E-state index contributed by atoms with van der Waals surface area (Å²) in [5, 5.41) is 9.89. The lowest BCUT2D eigenvalue weighted by atomic mass is 10.00. The van der Waals surface area contributed by atoms with E-state index in [1.54, 1.807) is 0 Å². The molecule has 1 amide bonds. The predicted octanol–water partition coefficient (Wildman–Crippen LogP) is 3.04. The summed E-state index contributed by atoms with van der Waals surface area (Å²) in [7, 11) is 0. The van der Waals surface area contributed by atoms with Crippen LogP contribution in [0.4, 0.5) is 5.95 Å². The first-order chi connectivity index (χ1) is 14.1. The highest BCUT2D eigenvalue weighted by Gasteiger charge is 2.27. The van der Waals surface area contributed by atoms with Gasteiger partial charge in [-0.2, -0.15) is 0 Å². The number of thioether (sulfide) groups is 1. The molecule has 2 atom stereocenters. The van der Waals surface area contributed by atoms with Gasteiger partial charge in [0.15, 0.2) is 5.16 Å². The second-order valence-corrected chi connectivity index (χ2v) is 10.0. The Morgan fingerprint density at radius 2 is 1.90 bits per heavy atom. The van der Waals surface area contributed by atoms with E-state index in [0.717, 1.165) is 75.6 Å². The van der Waals surface area contributed by atoms with Crippen LogP contribution in [0.5, 0.6) is 0 Å². The lowest BCUT2D eigenvalue weighted by Gasteiger charge is -2.31. The van der Waals surface area contributed by atoms with Crippen LogP contribution in [-0.2, 0) is 16.1 Å². The molecule has 0 spiro atoms. The number of rotatable bonds is 6. The number of likely N-dealkylation sites (tertiary alicyclic amines) is 1. The SMILES string of the molecule is CC1CCN(c2nnc(SCC(=O)N3CCCC(C)C3)n2CC2CCCO2)CC1. The van der Waals surface area contributed by atoms with Gasteiger partial charge in [-0.15, -0.1) is 10.2 Å². The zero-order chi connectivity index (χ0) is 20.2. The van der Waals surface area contributed by atoms with Crippen LogP contribution in [0.1, 0.15) is 52.4 Å². The maximum absolute atomic E-state index is 12.7. The van der Waals surface area contributed by atoms with Gasteiger partial charge < -0.3 is 14.5 Å². The molecule has 162 valence electrons. The van der Waals surface area contributed by atoms with Gasteiger partial charge in [-0.3, -0.25) is 9.36 Å². The van der Waals surface area contributed by atoms with E-state index >= 15 is 0 Å². The summed E-state index contributed by atoms with van der Waals surface area (Å²) in [5.41, 5.74) is 0. The quantitative estimate of drug-likeness (QED) is 0.658. The molecule has 0 saturated carbocycles. The fourth-order valence-corrected chi connectivity index (χ4v) is 5.46. The third kappa shape index (κ3) is 5.26. The van der Waals surface area contributed by atoms with Crippen molar-refractivity contribution >= 4 is 23.6 Å². The number of piperidine rings is 2. The Morgan fingerprint density at radius 3 is 2.62 bits per heavy atom. The van der Waals surface area contributed by atoms with Crippen LogP contribution in [0.25, 0.3) is 0 Å². The van der Waals surface area contributed by atoms with E-state index in [2.05, 4.69) is 33.5 Å². The number of ether oxygens (including phenoxy) is 1. The third-order valence-corrected chi connectivity index (χ3v) is 7.46. The number of carbonyl (C=O) groups excluding carboxylic acids is 1. The van der Waals surface area contributed by atoms with E-state index in [0.29, 0.717) is 11.7 Å². The zero-order valence-electron chi connectivity index (χ0n) is 17.9. The van der Waals surface area contributed by atoms with Crippen molar-refractivity contribution in [3.05, 3.63) is 0 Å². The van der Waals surface area contributed by atoms with Gasteiger partial charge in [0.25, 0.3) is 0 Å². The molecule has 7 nitrogen and oxygen atoms in total. The molecule has 1 aromatic rings. The summed E-state index contributed by atoms with van der Waals surface area (Å²) in [6.45, 7) is 10.0. The molecule has 3 fully saturated rings. The molecule has 2 unspecified atom stereocenters. The lowest BCUT2D eigenvalue weighted by Crippen LogP contribution is -2.40. The van der Waals surface area contributed by atoms with Crippen LogP contribution >= 0.6 is 11.8 Å². The lowest BCUT2D eigenvalue weighted by molar-refractivity contribution is -0.130. The minimum absolute atomic E-state index is 0.224.